The average molecular weight is 860 g/mol. The maximum absolute atomic E-state index is 12.4. The van der Waals surface area contributed by atoms with E-state index in [4.69, 9.17) is 4.74 Å². The Morgan fingerprint density at radius 2 is 0.820 bits per heavy atom. The second kappa shape index (κ2) is 51.0. The van der Waals surface area contributed by atoms with Gasteiger partial charge in [-0.2, -0.15) is 0 Å². The number of carbonyl (C=O) groups is 2. The summed E-state index contributed by atoms with van der Waals surface area (Å²) in [5.41, 5.74) is 0. The highest BCUT2D eigenvalue weighted by molar-refractivity contribution is 5.76. The molecule has 2 unspecified atom stereocenters. The van der Waals surface area contributed by atoms with E-state index in [0.29, 0.717) is 25.9 Å². The molecule has 0 radical (unpaired) electrons. The molecule has 360 valence electrons. The normalized spacial score (nSPS) is 12.8. The van der Waals surface area contributed by atoms with Crippen molar-refractivity contribution in [3.8, 4) is 0 Å². The number of hydrogen-bond acceptors (Lipinski definition) is 5. The molecule has 3 N–H and O–H groups in total. The predicted octanol–water partition coefficient (Wildman–Crippen LogP) is 16.3. The summed E-state index contributed by atoms with van der Waals surface area (Å²) in [5, 5.41) is 23.1. The summed E-state index contributed by atoms with van der Waals surface area (Å²) in [7, 11) is 0. The molecule has 0 aromatic rings. The van der Waals surface area contributed by atoms with Crippen molar-refractivity contribution in [3.63, 3.8) is 0 Å². The van der Waals surface area contributed by atoms with Gasteiger partial charge in [-0.05, 0) is 57.8 Å². The number of unbranched alkanes of at least 4 members (excludes halogenated alkanes) is 35. The van der Waals surface area contributed by atoms with E-state index in [0.717, 1.165) is 51.4 Å². The zero-order chi connectivity index (χ0) is 44.4. The number of rotatable bonds is 50. The van der Waals surface area contributed by atoms with E-state index in [1.807, 2.05) is 0 Å². The number of allylic oxidation sites excluding steroid dienone is 4. The minimum absolute atomic E-state index is 0.00821. The topological polar surface area (TPSA) is 95.9 Å². The molecule has 0 aromatic carbocycles. The Hall–Kier alpha value is -1.66. The molecule has 6 heteroatoms. The largest absolute Gasteiger partial charge is 0.466 e. The molecule has 0 saturated carbocycles. The van der Waals surface area contributed by atoms with Crippen LogP contribution in [0.5, 0.6) is 0 Å². The van der Waals surface area contributed by atoms with Gasteiger partial charge in [-0.3, -0.25) is 9.59 Å². The zero-order valence-electron chi connectivity index (χ0n) is 40.9. The second-order valence-electron chi connectivity index (χ2n) is 18.6. The highest BCUT2D eigenvalue weighted by atomic mass is 16.5. The molecule has 0 aliphatic carbocycles. The molecule has 0 heterocycles. The van der Waals surface area contributed by atoms with E-state index in [9.17, 15) is 19.8 Å². The Bertz CT molecular complexity index is 951. The highest BCUT2D eigenvalue weighted by Gasteiger charge is 2.20. The maximum atomic E-state index is 12.4. The standard InChI is InChI=1S/C55H105NO5/c1-3-5-7-9-11-13-15-16-17-22-25-29-33-37-41-45-49-55(60)61-50-46-42-38-34-30-26-23-20-18-19-21-24-28-32-36-40-44-48-54(59)56-52(51-57)53(58)47-43-39-35-31-27-14-12-10-8-6-4-2/h13,15,17,22,52-53,57-58H,3-12,14,16,18-21,23-51H2,1-2H3,(H,56,59)/b15-13-,22-17-. The number of carbonyl (C=O) groups excluding carboxylic acids is 2. The first-order valence-electron chi connectivity index (χ1n) is 27.1. The average Bonchev–Trinajstić information content (AvgIpc) is 3.26. The summed E-state index contributed by atoms with van der Waals surface area (Å²) in [4.78, 5) is 24.5. The second-order valence-corrected chi connectivity index (χ2v) is 18.6. The quantitative estimate of drug-likeness (QED) is 0.0322. The van der Waals surface area contributed by atoms with Crippen LogP contribution < -0.4 is 5.32 Å². The van der Waals surface area contributed by atoms with Crippen LogP contribution in [0, 0.1) is 0 Å². The fourth-order valence-electron chi connectivity index (χ4n) is 8.32. The van der Waals surface area contributed by atoms with Crippen molar-refractivity contribution in [2.24, 2.45) is 0 Å². The monoisotopic (exact) mass is 860 g/mol. The van der Waals surface area contributed by atoms with E-state index >= 15 is 0 Å². The van der Waals surface area contributed by atoms with Gasteiger partial charge in [0.25, 0.3) is 0 Å². The molecule has 1 amide bonds. The fraction of sp³-hybridized carbons (Fsp3) is 0.891. The first-order chi connectivity index (χ1) is 30.0. The van der Waals surface area contributed by atoms with Gasteiger partial charge >= 0.3 is 5.97 Å². The Kier molecular flexibility index (Phi) is 49.6. The van der Waals surface area contributed by atoms with E-state index < -0.39 is 12.1 Å². The van der Waals surface area contributed by atoms with Crippen molar-refractivity contribution >= 4 is 11.9 Å². The van der Waals surface area contributed by atoms with Crippen molar-refractivity contribution in [2.75, 3.05) is 13.2 Å². The molecular formula is C55H105NO5. The lowest BCUT2D eigenvalue weighted by Gasteiger charge is -2.22. The first-order valence-corrected chi connectivity index (χ1v) is 27.1. The van der Waals surface area contributed by atoms with Gasteiger partial charge in [-0.15, -0.1) is 0 Å². The number of ether oxygens (including phenoxy) is 1. The van der Waals surface area contributed by atoms with E-state index in [1.54, 1.807) is 0 Å². The van der Waals surface area contributed by atoms with Crippen LogP contribution >= 0.6 is 0 Å². The minimum Gasteiger partial charge on any atom is -0.466 e. The van der Waals surface area contributed by atoms with E-state index in [2.05, 4.69) is 43.5 Å². The summed E-state index contributed by atoms with van der Waals surface area (Å²) < 4.78 is 5.47. The van der Waals surface area contributed by atoms with Crippen LogP contribution in [-0.2, 0) is 14.3 Å². The molecule has 6 nitrogen and oxygen atoms in total. The van der Waals surface area contributed by atoms with Crippen molar-refractivity contribution in [3.05, 3.63) is 24.3 Å². The molecule has 0 spiro atoms. The van der Waals surface area contributed by atoms with Gasteiger partial charge in [0.1, 0.15) is 0 Å². The SMILES string of the molecule is CCCCCC/C=C\C/C=C\CCCCCCCC(=O)OCCCCCCCCCCCCCCCCCCCC(=O)NC(CO)C(O)CCCCCCCCCCCCC. The molecule has 0 saturated heterocycles. The Balaban J connectivity index is 3.41. The third-order valence-electron chi connectivity index (χ3n) is 12.5. The van der Waals surface area contributed by atoms with Crippen molar-refractivity contribution in [1.29, 1.82) is 0 Å². The molecule has 0 fully saturated rings. The van der Waals surface area contributed by atoms with Crippen molar-refractivity contribution in [2.45, 2.75) is 302 Å². The number of amides is 1. The van der Waals surface area contributed by atoms with Gasteiger partial charge in [0.05, 0.1) is 25.4 Å². The lowest BCUT2D eigenvalue weighted by Crippen LogP contribution is -2.45. The fourth-order valence-corrected chi connectivity index (χ4v) is 8.32. The molecule has 0 aliphatic rings. The van der Waals surface area contributed by atoms with E-state index in [-0.39, 0.29) is 18.5 Å². The predicted molar refractivity (Wildman–Crippen MR) is 264 cm³/mol. The number of aliphatic hydroxyl groups is 2. The molecule has 0 rings (SSSR count). The minimum atomic E-state index is -0.666. The number of esters is 1. The molecule has 61 heavy (non-hydrogen) atoms. The van der Waals surface area contributed by atoms with Gasteiger partial charge in [0, 0.05) is 12.8 Å². The van der Waals surface area contributed by atoms with E-state index in [1.165, 1.54) is 205 Å². The summed E-state index contributed by atoms with van der Waals surface area (Å²) in [5.74, 6) is -0.0498. The summed E-state index contributed by atoms with van der Waals surface area (Å²) in [6.45, 7) is 4.91. The van der Waals surface area contributed by atoms with Crippen LogP contribution in [0.2, 0.25) is 0 Å². The molecular weight excluding hydrogens is 755 g/mol. The van der Waals surface area contributed by atoms with Gasteiger partial charge < -0.3 is 20.3 Å². The van der Waals surface area contributed by atoms with Crippen LogP contribution in [-0.4, -0.2) is 47.4 Å². The highest BCUT2D eigenvalue weighted by Crippen LogP contribution is 2.17. The van der Waals surface area contributed by atoms with Gasteiger partial charge in [-0.25, -0.2) is 0 Å². The van der Waals surface area contributed by atoms with Gasteiger partial charge in [0.15, 0.2) is 0 Å². The third kappa shape index (κ3) is 47.7. The van der Waals surface area contributed by atoms with Gasteiger partial charge in [0.2, 0.25) is 5.91 Å². The van der Waals surface area contributed by atoms with Crippen LogP contribution in [0.15, 0.2) is 24.3 Å². The summed E-state index contributed by atoms with van der Waals surface area (Å²) >= 11 is 0. The van der Waals surface area contributed by atoms with Crippen LogP contribution in [0.3, 0.4) is 0 Å². The lowest BCUT2D eigenvalue weighted by atomic mass is 10.0. The third-order valence-corrected chi connectivity index (χ3v) is 12.5. The maximum Gasteiger partial charge on any atom is 0.305 e. The molecule has 2 atom stereocenters. The van der Waals surface area contributed by atoms with Crippen molar-refractivity contribution in [1.82, 2.24) is 5.32 Å². The number of nitrogens with one attached hydrogen (secondary N) is 1. The molecule has 0 aliphatic heterocycles. The summed E-state index contributed by atoms with van der Waals surface area (Å²) in [6, 6.07) is -0.544. The Morgan fingerprint density at radius 3 is 1.26 bits per heavy atom. The van der Waals surface area contributed by atoms with Crippen molar-refractivity contribution < 1.29 is 24.5 Å². The van der Waals surface area contributed by atoms with Crippen LogP contribution in [0.4, 0.5) is 0 Å². The number of hydrogen-bond donors (Lipinski definition) is 3. The molecule has 0 aromatic heterocycles. The Labute approximate surface area is 380 Å². The van der Waals surface area contributed by atoms with Gasteiger partial charge in [-0.1, -0.05) is 244 Å². The lowest BCUT2D eigenvalue weighted by molar-refractivity contribution is -0.143. The van der Waals surface area contributed by atoms with Crippen LogP contribution in [0.25, 0.3) is 0 Å². The smallest absolute Gasteiger partial charge is 0.305 e. The Morgan fingerprint density at radius 1 is 0.459 bits per heavy atom. The summed E-state index contributed by atoms with van der Waals surface area (Å²) in [6.07, 6.45) is 60.1. The zero-order valence-corrected chi connectivity index (χ0v) is 40.9. The first kappa shape index (κ1) is 59.3. The van der Waals surface area contributed by atoms with Crippen LogP contribution in [0.1, 0.15) is 290 Å². The molecule has 0 bridgehead atoms. The number of aliphatic hydroxyl groups excluding tert-OH is 2.